The minimum Gasteiger partial charge on any atom is -0.378 e. The van der Waals surface area contributed by atoms with E-state index in [4.69, 9.17) is 26.3 Å². The first kappa shape index (κ1) is 21.3. The summed E-state index contributed by atoms with van der Waals surface area (Å²) in [5.74, 6) is 1.59. The van der Waals surface area contributed by atoms with Crippen molar-refractivity contribution in [3.05, 3.63) is 76.4 Å². The zero-order valence-corrected chi connectivity index (χ0v) is 18.5. The Bertz CT molecular complexity index is 1090. The summed E-state index contributed by atoms with van der Waals surface area (Å²) in [5, 5.41) is 7.64. The number of pyridine rings is 2. The number of aryl methyl sites for hydroxylation is 1. The van der Waals surface area contributed by atoms with E-state index in [1.165, 1.54) is 0 Å². The van der Waals surface area contributed by atoms with Crippen LogP contribution in [0, 0.1) is 6.92 Å². The van der Waals surface area contributed by atoms with Crippen molar-refractivity contribution >= 4 is 23.3 Å². The van der Waals surface area contributed by atoms with E-state index < -0.39 is 0 Å². The maximum absolute atomic E-state index is 6.29. The van der Waals surface area contributed by atoms with Crippen LogP contribution in [0.2, 0.25) is 5.02 Å². The Kier molecular flexibility index (Phi) is 6.79. The number of rotatable bonds is 7. The molecule has 31 heavy (non-hydrogen) atoms. The van der Waals surface area contributed by atoms with Crippen molar-refractivity contribution in [2.75, 3.05) is 25.1 Å². The topological polar surface area (TPSA) is 71.4 Å². The maximum Gasteiger partial charge on any atom is 0.139 e. The average molecular weight is 436 g/mol. The van der Waals surface area contributed by atoms with Crippen molar-refractivity contribution in [3.8, 4) is 11.4 Å². The Morgan fingerprint density at radius 3 is 2.77 bits per heavy atom. The summed E-state index contributed by atoms with van der Waals surface area (Å²) >= 11 is 6.29. The van der Waals surface area contributed by atoms with Gasteiger partial charge in [0, 0.05) is 24.4 Å². The number of benzene rings is 1. The van der Waals surface area contributed by atoms with Gasteiger partial charge in [0.25, 0.3) is 0 Å². The number of fused-ring (bicyclic) bond motifs is 1. The molecule has 2 aromatic heterocycles. The zero-order chi connectivity index (χ0) is 21.6. The molecule has 0 aliphatic carbocycles. The van der Waals surface area contributed by atoms with Crippen LogP contribution in [0.3, 0.4) is 0 Å². The van der Waals surface area contributed by atoms with E-state index in [0.717, 1.165) is 51.2 Å². The SMILES string of the molecule is CCOCC1NC(=NCCc2ccccc2Cl)c2ccc(-c3ncccc3C)nc2N1. The van der Waals surface area contributed by atoms with Crippen LogP contribution >= 0.6 is 11.6 Å². The highest BCUT2D eigenvalue weighted by Gasteiger charge is 2.24. The molecule has 7 heteroatoms. The van der Waals surface area contributed by atoms with Crippen LogP contribution < -0.4 is 10.6 Å². The van der Waals surface area contributed by atoms with Gasteiger partial charge in [-0.1, -0.05) is 35.9 Å². The van der Waals surface area contributed by atoms with Crippen molar-refractivity contribution in [1.29, 1.82) is 0 Å². The third-order valence-electron chi connectivity index (χ3n) is 5.12. The molecule has 0 amide bonds. The second kappa shape index (κ2) is 9.90. The highest BCUT2D eigenvalue weighted by atomic mass is 35.5. The largest absolute Gasteiger partial charge is 0.378 e. The van der Waals surface area contributed by atoms with E-state index in [1.807, 2.05) is 62.4 Å². The molecule has 3 aromatic rings. The molecular weight excluding hydrogens is 410 g/mol. The first-order chi connectivity index (χ1) is 15.2. The fourth-order valence-corrected chi connectivity index (χ4v) is 3.76. The van der Waals surface area contributed by atoms with Crippen LogP contribution in [0.15, 0.2) is 59.7 Å². The van der Waals surface area contributed by atoms with Crippen molar-refractivity contribution in [2.24, 2.45) is 4.99 Å². The molecule has 1 atom stereocenters. The molecule has 2 N–H and O–H groups in total. The standard InChI is InChI=1S/C24H26ClN5O/c1-3-31-15-21-29-23(27-14-12-17-8-4-5-9-19(17)25)18-10-11-20(28-24(18)30-21)22-16(2)7-6-13-26-22/h4-11,13,21H,3,12,14-15H2,1-2H3,(H,27,29)(H,28,30). The molecular formula is C24H26ClN5O. The second-order valence-electron chi connectivity index (χ2n) is 7.33. The molecule has 4 rings (SSSR count). The van der Waals surface area contributed by atoms with Gasteiger partial charge in [-0.25, -0.2) is 4.98 Å². The number of nitrogens with zero attached hydrogens (tertiary/aromatic N) is 3. The van der Waals surface area contributed by atoms with E-state index in [1.54, 1.807) is 6.20 Å². The number of ether oxygens (including phenoxy) is 1. The van der Waals surface area contributed by atoms with Crippen molar-refractivity contribution in [2.45, 2.75) is 26.4 Å². The van der Waals surface area contributed by atoms with E-state index in [2.05, 4.69) is 15.6 Å². The minimum absolute atomic E-state index is 0.112. The lowest BCUT2D eigenvalue weighted by Gasteiger charge is -2.29. The summed E-state index contributed by atoms with van der Waals surface area (Å²) in [6.07, 6.45) is 2.44. The monoisotopic (exact) mass is 435 g/mol. The molecule has 3 heterocycles. The summed E-state index contributed by atoms with van der Waals surface area (Å²) in [7, 11) is 0. The van der Waals surface area contributed by atoms with Crippen molar-refractivity contribution < 1.29 is 4.74 Å². The molecule has 1 aliphatic rings. The van der Waals surface area contributed by atoms with Crippen LogP contribution in [0.1, 0.15) is 23.6 Å². The number of aromatic nitrogens is 2. The van der Waals surface area contributed by atoms with E-state index in [-0.39, 0.29) is 6.17 Å². The number of anilines is 1. The summed E-state index contributed by atoms with van der Waals surface area (Å²) in [5.41, 5.74) is 4.82. The fraction of sp³-hybridized carbons (Fsp3) is 0.292. The quantitative estimate of drug-likeness (QED) is 0.572. The van der Waals surface area contributed by atoms with Gasteiger partial charge in [0.1, 0.15) is 17.8 Å². The molecule has 160 valence electrons. The number of halogens is 1. The highest BCUT2D eigenvalue weighted by Crippen LogP contribution is 2.25. The van der Waals surface area contributed by atoms with Crippen LogP contribution in [0.25, 0.3) is 11.4 Å². The van der Waals surface area contributed by atoms with E-state index in [9.17, 15) is 0 Å². The Balaban J connectivity index is 1.61. The van der Waals surface area contributed by atoms with Crippen LogP contribution in [0.5, 0.6) is 0 Å². The van der Waals surface area contributed by atoms with Gasteiger partial charge in [-0.15, -0.1) is 0 Å². The zero-order valence-electron chi connectivity index (χ0n) is 17.7. The lowest BCUT2D eigenvalue weighted by atomic mass is 10.1. The van der Waals surface area contributed by atoms with Gasteiger partial charge >= 0.3 is 0 Å². The van der Waals surface area contributed by atoms with E-state index in [0.29, 0.717) is 19.8 Å². The molecule has 0 fully saturated rings. The summed E-state index contributed by atoms with van der Waals surface area (Å²) in [6, 6.07) is 15.9. The second-order valence-corrected chi connectivity index (χ2v) is 7.74. The maximum atomic E-state index is 6.29. The molecule has 0 saturated heterocycles. The molecule has 0 saturated carbocycles. The molecule has 0 spiro atoms. The first-order valence-corrected chi connectivity index (χ1v) is 10.9. The molecule has 6 nitrogen and oxygen atoms in total. The predicted octanol–water partition coefficient (Wildman–Crippen LogP) is 4.47. The van der Waals surface area contributed by atoms with Gasteiger partial charge in [-0.2, -0.15) is 0 Å². The first-order valence-electron chi connectivity index (χ1n) is 10.5. The normalized spacial score (nSPS) is 16.5. The summed E-state index contributed by atoms with van der Waals surface area (Å²) in [4.78, 5) is 14.2. The van der Waals surface area contributed by atoms with Gasteiger partial charge in [-0.3, -0.25) is 9.98 Å². The number of amidine groups is 1. The Hall–Kier alpha value is -2.96. The molecule has 0 radical (unpaired) electrons. The van der Waals surface area contributed by atoms with Crippen LogP contribution in [0.4, 0.5) is 5.82 Å². The van der Waals surface area contributed by atoms with Crippen molar-refractivity contribution in [1.82, 2.24) is 15.3 Å². The van der Waals surface area contributed by atoms with Gasteiger partial charge in [-0.05, 0) is 55.7 Å². The van der Waals surface area contributed by atoms with Crippen molar-refractivity contribution in [3.63, 3.8) is 0 Å². The van der Waals surface area contributed by atoms with Crippen LogP contribution in [-0.4, -0.2) is 41.7 Å². The van der Waals surface area contributed by atoms with Gasteiger partial charge in [0.2, 0.25) is 0 Å². The summed E-state index contributed by atoms with van der Waals surface area (Å²) in [6.45, 7) is 5.79. The highest BCUT2D eigenvalue weighted by molar-refractivity contribution is 6.31. The Morgan fingerprint density at radius 2 is 1.97 bits per heavy atom. The number of hydrogen-bond acceptors (Lipinski definition) is 5. The molecule has 1 unspecified atom stereocenters. The molecule has 1 aliphatic heterocycles. The van der Waals surface area contributed by atoms with Crippen LogP contribution in [-0.2, 0) is 11.2 Å². The van der Waals surface area contributed by atoms with E-state index >= 15 is 0 Å². The Morgan fingerprint density at radius 1 is 1.10 bits per heavy atom. The number of hydrogen-bond donors (Lipinski definition) is 2. The number of aliphatic imine (C=N–C) groups is 1. The Labute approximate surface area is 187 Å². The number of nitrogens with one attached hydrogen (secondary N) is 2. The van der Waals surface area contributed by atoms with Gasteiger partial charge in [0.05, 0.1) is 23.6 Å². The molecule has 1 aromatic carbocycles. The van der Waals surface area contributed by atoms with Gasteiger partial charge < -0.3 is 15.4 Å². The molecule has 0 bridgehead atoms. The third-order valence-corrected chi connectivity index (χ3v) is 5.49. The lowest BCUT2D eigenvalue weighted by molar-refractivity contribution is 0.134. The average Bonchev–Trinajstić information content (AvgIpc) is 2.79. The minimum atomic E-state index is -0.112. The fourth-order valence-electron chi connectivity index (χ4n) is 3.53. The summed E-state index contributed by atoms with van der Waals surface area (Å²) < 4.78 is 5.62. The van der Waals surface area contributed by atoms with Gasteiger partial charge in [0.15, 0.2) is 0 Å². The lowest BCUT2D eigenvalue weighted by Crippen LogP contribution is -2.48. The third kappa shape index (κ3) is 5.03. The smallest absolute Gasteiger partial charge is 0.139 e. The predicted molar refractivity (Wildman–Crippen MR) is 126 cm³/mol.